The van der Waals surface area contributed by atoms with Gasteiger partial charge < -0.3 is 9.84 Å². The van der Waals surface area contributed by atoms with Gasteiger partial charge in [0, 0.05) is 0 Å². The molecular weight excluding hydrogens is 304 g/mol. The van der Waals surface area contributed by atoms with Crippen LogP contribution in [0.2, 0.25) is 0 Å². The van der Waals surface area contributed by atoms with Gasteiger partial charge in [0.2, 0.25) is 0 Å². The van der Waals surface area contributed by atoms with Crippen molar-refractivity contribution in [2.24, 2.45) is 10.2 Å². The standard InChI is InChI=1S/C16H15ClN2O3/c1-11(17)10-22-15-8-6-14(7-9-15)19-18-13-4-2-12(3-5-13)16(20)21/h2-9,11H,10H2,1H3,(H,20,21)/b19-18+. The average molecular weight is 319 g/mol. The van der Waals surface area contributed by atoms with E-state index in [-0.39, 0.29) is 10.9 Å². The minimum atomic E-state index is -0.967. The summed E-state index contributed by atoms with van der Waals surface area (Å²) in [6.45, 7) is 2.30. The Morgan fingerprint density at radius 3 is 2.05 bits per heavy atom. The first-order valence-corrected chi connectivity index (χ1v) is 7.10. The van der Waals surface area contributed by atoms with E-state index in [0.29, 0.717) is 18.0 Å². The first kappa shape index (κ1) is 16.0. The molecule has 0 aliphatic carbocycles. The predicted octanol–water partition coefficient (Wildman–Crippen LogP) is 4.81. The van der Waals surface area contributed by atoms with E-state index in [1.165, 1.54) is 12.1 Å². The second-order valence-electron chi connectivity index (χ2n) is 4.64. The summed E-state index contributed by atoms with van der Waals surface area (Å²) in [5.74, 6) is -0.248. The monoisotopic (exact) mass is 318 g/mol. The van der Waals surface area contributed by atoms with E-state index in [1.807, 2.05) is 6.92 Å². The summed E-state index contributed by atoms with van der Waals surface area (Å²) in [6.07, 6.45) is 0. The van der Waals surface area contributed by atoms with Crippen LogP contribution in [0.5, 0.6) is 5.75 Å². The smallest absolute Gasteiger partial charge is 0.335 e. The van der Waals surface area contributed by atoms with Gasteiger partial charge in [0.15, 0.2) is 0 Å². The number of azo groups is 1. The van der Waals surface area contributed by atoms with Crippen LogP contribution in [0.15, 0.2) is 58.8 Å². The lowest BCUT2D eigenvalue weighted by atomic mass is 10.2. The molecule has 0 saturated heterocycles. The molecule has 114 valence electrons. The van der Waals surface area contributed by atoms with Crippen molar-refractivity contribution in [2.45, 2.75) is 12.3 Å². The molecule has 6 heteroatoms. The molecule has 0 aliphatic heterocycles. The van der Waals surface area contributed by atoms with Gasteiger partial charge in [0.1, 0.15) is 12.4 Å². The fourth-order valence-electron chi connectivity index (χ4n) is 1.61. The van der Waals surface area contributed by atoms with E-state index < -0.39 is 5.97 Å². The van der Waals surface area contributed by atoms with Crippen LogP contribution in [-0.4, -0.2) is 23.1 Å². The number of aromatic carboxylic acids is 1. The number of benzene rings is 2. The highest BCUT2D eigenvalue weighted by Gasteiger charge is 2.01. The molecule has 0 amide bonds. The fourth-order valence-corrected chi connectivity index (χ4v) is 1.67. The maximum Gasteiger partial charge on any atom is 0.335 e. The number of hydrogen-bond donors (Lipinski definition) is 1. The highest BCUT2D eigenvalue weighted by atomic mass is 35.5. The Hall–Kier alpha value is -2.40. The van der Waals surface area contributed by atoms with Crippen LogP contribution in [-0.2, 0) is 0 Å². The highest BCUT2D eigenvalue weighted by Crippen LogP contribution is 2.21. The van der Waals surface area contributed by atoms with Crippen molar-refractivity contribution in [2.75, 3.05) is 6.61 Å². The van der Waals surface area contributed by atoms with Crippen LogP contribution >= 0.6 is 11.6 Å². The van der Waals surface area contributed by atoms with Gasteiger partial charge in [0.05, 0.1) is 22.3 Å². The number of nitrogens with zero attached hydrogens (tertiary/aromatic N) is 2. The molecule has 0 aliphatic rings. The number of hydrogen-bond acceptors (Lipinski definition) is 4. The minimum absolute atomic E-state index is 0.0480. The molecule has 2 aromatic carbocycles. The summed E-state index contributed by atoms with van der Waals surface area (Å²) >= 11 is 5.81. The van der Waals surface area contributed by atoms with Crippen molar-refractivity contribution in [1.82, 2.24) is 0 Å². The number of ether oxygens (including phenoxy) is 1. The van der Waals surface area contributed by atoms with Crippen LogP contribution in [0.25, 0.3) is 0 Å². The van der Waals surface area contributed by atoms with Gasteiger partial charge in [0.25, 0.3) is 0 Å². The Morgan fingerprint density at radius 2 is 1.59 bits per heavy atom. The van der Waals surface area contributed by atoms with Crippen LogP contribution in [0.4, 0.5) is 11.4 Å². The normalized spacial score (nSPS) is 12.3. The third-order valence-electron chi connectivity index (χ3n) is 2.71. The molecule has 1 N–H and O–H groups in total. The zero-order valence-corrected chi connectivity index (χ0v) is 12.7. The molecule has 2 aromatic rings. The molecule has 0 spiro atoms. The fraction of sp³-hybridized carbons (Fsp3) is 0.188. The number of alkyl halides is 1. The molecule has 1 atom stereocenters. The van der Waals surface area contributed by atoms with Crippen molar-refractivity contribution in [1.29, 1.82) is 0 Å². The lowest BCUT2D eigenvalue weighted by Crippen LogP contribution is -2.06. The van der Waals surface area contributed by atoms with Crippen molar-refractivity contribution in [3.05, 3.63) is 54.1 Å². The third-order valence-corrected chi connectivity index (χ3v) is 2.84. The lowest BCUT2D eigenvalue weighted by Gasteiger charge is -2.06. The van der Waals surface area contributed by atoms with Crippen LogP contribution in [0, 0.1) is 0 Å². The molecule has 0 bridgehead atoms. The van der Waals surface area contributed by atoms with Crippen molar-refractivity contribution in [3.8, 4) is 5.75 Å². The van der Waals surface area contributed by atoms with Crippen molar-refractivity contribution >= 4 is 28.9 Å². The molecule has 5 nitrogen and oxygen atoms in total. The summed E-state index contributed by atoms with van der Waals surface area (Å²) in [7, 11) is 0. The van der Waals surface area contributed by atoms with E-state index >= 15 is 0 Å². The maximum atomic E-state index is 10.7. The Labute approximate surface area is 133 Å². The van der Waals surface area contributed by atoms with Crippen LogP contribution in [0.1, 0.15) is 17.3 Å². The Kier molecular flexibility index (Phi) is 5.49. The summed E-state index contributed by atoms with van der Waals surface area (Å²) in [6, 6.07) is 13.3. The van der Waals surface area contributed by atoms with E-state index in [0.717, 1.165) is 5.75 Å². The maximum absolute atomic E-state index is 10.7. The molecule has 22 heavy (non-hydrogen) atoms. The van der Waals surface area contributed by atoms with Gasteiger partial charge in [-0.25, -0.2) is 4.79 Å². The molecule has 0 fully saturated rings. The highest BCUT2D eigenvalue weighted by molar-refractivity contribution is 6.20. The van der Waals surface area contributed by atoms with Gasteiger partial charge in [-0.1, -0.05) is 0 Å². The van der Waals surface area contributed by atoms with Crippen molar-refractivity contribution < 1.29 is 14.6 Å². The number of halogens is 1. The first-order valence-electron chi connectivity index (χ1n) is 6.66. The van der Waals surface area contributed by atoms with Crippen LogP contribution in [0.3, 0.4) is 0 Å². The SMILES string of the molecule is CC(Cl)COc1ccc(/N=N/c2ccc(C(=O)O)cc2)cc1. The minimum Gasteiger partial charge on any atom is -0.492 e. The molecule has 0 radical (unpaired) electrons. The van der Waals surface area contributed by atoms with E-state index in [1.54, 1.807) is 36.4 Å². The first-order chi connectivity index (χ1) is 10.5. The Bertz CT molecular complexity index is 652. The quantitative estimate of drug-likeness (QED) is 0.614. The van der Waals surface area contributed by atoms with E-state index in [2.05, 4.69) is 10.2 Å². The largest absolute Gasteiger partial charge is 0.492 e. The van der Waals surface area contributed by atoms with Gasteiger partial charge in [-0.15, -0.1) is 11.6 Å². The Balaban J connectivity index is 1.99. The molecular formula is C16H15ClN2O3. The lowest BCUT2D eigenvalue weighted by molar-refractivity contribution is 0.0697. The zero-order valence-electron chi connectivity index (χ0n) is 11.9. The second-order valence-corrected chi connectivity index (χ2v) is 5.38. The van der Waals surface area contributed by atoms with Gasteiger partial charge in [-0.05, 0) is 55.5 Å². The van der Waals surface area contributed by atoms with Gasteiger partial charge >= 0.3 is 5.97 Å². The number of carboxylic acid groups (broad SMARTS) is 1. The molecule has 1 unspecified atom stereocenters. The van der Waals surface area contributed by atoms with Gasteiger partial charge in [-0.2, -0.15) is 10.2 Å². The third kappa shape index (κ3) is 4.86. The van der Waals surface area contributed by atoms with Crippen molar-refractivity contribution in [3.63, 3.8) is 0 Å². The topological polar surface area (TPSA) is 71.2 Å². The molecule has 0 aromatic heterocycles. The summed E-state index contributed by atoms with van der Waals surface area (Å²) in [5.41, 5.74) is 1.48. The molecule has 0 heterocycles. The number of carboxylic acids is 1. The number of rotatable bonds is 6. The average Bonchev–Trinajstić information content (AvgIpc) is 2.52. The molecule has 0 saturated carbocycles. The van der Waals surface area contributed by atoms with Gasteiger partial charge in [-0.3, -0.25) is 0 Å². The number of carbonyl (C=O) groups is 1. The van der Waals surface area contributed by atoms with Crippen LogP contribution < -0.4 is 4.74 Å². The molecule has 2 rings (SSSR count). The van der Waals surface area contributed by atoms with E-state index in [4.69, 9.17) is 21.4 Å². The predicted molar refractivity (Wildman–Crippen MR) is 84.8 cm³/mol. The summed E-state index contributed by atoms with van der Waals surface area (Å²) in [5, 5.41) is 16.9. The Morgan fingerprint density at radius 1 is 1.09 bits per heavy atom. The zero-order chi connectivity index (χ0) is 15.9. The summed E-state index contributed by atoms with van der Waals surface area (Å²) < 4.78 is 5.46. The van der Waals surface area contributed by atoms with E-state index in [9.17, 15) is 4.79 Å². The second kappa shape index (κ2) is 7.56. The summed E-state index contributed by atoms with van der Waals surface area (Å²) in [4.78, 5) is 10.7.